The first kappa shape index (κ1) is 56.8. The summed E-state index contributed by atoms with van der Waals surface area (Å²) < 4.78 is 0. The number of hydrogen-bond acceptors (Lipinski definition) is 2. The molecule has 0 bridgehead atoms. The number of hydrogen-bond donors (Lipinski definition) is 0. The fourth-order valence-electron chi connectivity index (χ4n) is 13.6. The molecular formula is C92H64N2. The Morgan fingerprint density at radius 2 is 0.362 bits per heavy atom. The molecule has 0 saturated heterocycles. The summed E-state index contributed by atoms with van der Waals surface area (Å²) in [6.45, 7) is 0. The summed E-state index contributed by atoms with van der Waals surface area (Å²) in [5.41, 5.74) is 27.7. The lowest BCUT2D eigenvalue weighted by Gasteiger charge is -2.27. The minimum atomic E-state index is 1.07. The average Bonchev–Trinajstić information content (AvgIpc) is 0.815. The Kier molecular flexibility index (Phi) is 15.4. The quantitative estimate of drug-likeness (QED) is 0.101. The van der Waals surface area contributed by atoms with Gasteiger partial charge in [0.05, 0.1) is 0 Å². The Morgan fingerprint density at radius 1 is 0.128 bits per heavy atom. The maximum absolute atomic E-state index is 2.39. The lowest BCUT2D eigenvalue weighted by atomic mass is 9.91. The maximum Gasteiger partial charge on any atom is 0.0467 e. The van der Waals surface area contributed by atoms with E-state index in [9.17, 15) is 0 Å². The van der Waals surface area contributed by atoms with Crippen molar-refractivity contribution in [3.63, 3.8) is 0 Å². The third-order valence-corrected chi connectivity index (χ3v) is 18.2. The van der Waals surface area contributed by atoms with Gasteiger partial charge in [-0.05, 0) is 207 Å². The summed E-state index contributed by atoms with van der Waals surface area (Å²) in [6.07, 6.45) is 0. The van der Waals surface area contributed by atoms with E-state index in [1.165, 1.54) is 82.7 Å². The van der Waals surface area contributed by atoms with Crippen LogP contribution >= 0.6 is 0 Å². The summed E-state index contributed by atoms with van der Waals surface area (Å²) >= 11 is 0. The second-order valence-corrected chi connectivity index (χ2v) is 24.0. The standard InChI is InChI=1S/C92H64N2/c1-4-21-65(22-5-1)67-47-51-69(52-48-67)76-30-14-37-83(61-76)93(81-35-8-3-9-36-81)85-39-17-34-80(64-85)90-44-20-45-91-89(43-19-46-92(90)91)78-32-13-29-75(60-78)74-28-12-27-73(59-74)71-55-57-82(58-56-71)94(86-40-16-33-79(63-86)88-42-18-26-72-25-10-11-41-87(72)88)84-38-15-31-77(62-84)70-53-49-68(50-54-70)66-23-6-2-7-24-66/h1-64H. The number of rotatable bonds is 15. The van der Waals surface area contributed by atoms with Crippen molar-refractivity contribution in [3.05, 3.63) is 388 Å². The van der Waals surface area contributed by atoms with Crippen LogP contribution in [0.3, 0.4) is 0 Å². The Morgan fingerprint density at radius 3 is 0.819 bits per heavy atom. The van der Waals surface area contributed by atoms with Crippen molar-refractivity contribution in [2.75, 3.05) is 9.80 Å². The SMILES string of the molecule is c1ccc(-c2ccc(-c3cccc(N(c4ccc(-c5cccc(-c6cccc(-c7cccc8c(-c9cccc(N(c%10ccccc%10)c%10cccc(-c%11ccc(-c%12ccccc%12)cc%11)c%10)c9)cccc78)c6)c5)cc4)c4cccc(-c5cccc6ccccc56)c4)c3)cc2)cc1. The fourth-order valence-corrected chi connectivity index (χ4v) is 13.6. The third-order valence-electron chi connectivity index (χ3n) is 18.2. The minimum absolute atomic E-state index is 1.07. The monoisotopic (exact) mass is 1200 g/mol. The van der Waals surface area contributed by atoms with Gasteiger partial charge in [-0.15, -0.1) is 0 Å². The number of nitrogens with zero attached hydrogens (tertiary/aromatic N) is 2. The Balaban J connectivity index is 0.698. The molecular weight excluding hydrogens is 1130 g/mol. The first-order chi connectivity index (χ1) is 46.6. The molecule has 0 aliphatic heterocycles. The Bertz CT molecular complexity index is 5340. The van der Waals surface area contributed by atoms with E-state index in [4.69, 9.17) is 0 Å². The van der Waals surface area contributed by atoms with Gasteiger partial charge in [-0.1, -0.05) is 303 Å². The highest BCUT2D eigenvalue weighted by Gasteiger charge is 2.19. The molecule has 0 spiro atoms. The fraction of sp³-hybridized carbons (Fsp3) is 0. The number of fused-ring (bicyclic) bond motifs is 2. The molecule has 16 aromatic carbocycles. The lowest BCUT2D eigenvalue weighted by Crippen LogP contribution is -2.10. The van der Waals surface area contributed by atoms with E-state index in [1.54, 1.807) is 0 Å². The van der Waals surface area contributed by atoms with Crippen molar-refractivity contribution >= 4 is 55.7 Å². The summed E-state index contributed by atoms with van der Waals surface area (Å²) in [7, 11) is 0. The van der Waals surface area contributed by atoms with Crippen molar-refractivity contribution in [3.8, 4) is 100 Å². The van der Waals surface area contributed by atoms with E-state index in [-0.39, 0.29) is 0 Å². The molecule has 442 valence electrons. The molecule has 0 aliphatic rings. The van der Waals surface area contributed by atoms with Crippen molar-refractivity contribution in [1.82, 2.24) is 0 Å². The van der Waals surface area contributed by atoms with Crippen LogP contribution in [0.5, 0.6) is 0 Å². The van der Waals surface area contributed by atoms with Gasteiger partial charge in [0.2, 0.25) is 0 Å². The highest BCUT2D eigenvalue weighted by molar-refractivity contribution is 6.05. The first-order valence-corrected chi connectivity index (χ1v) is 32.3. The molecule has 0 N–H and O–H groups in total. The van der Waals surface area contributed by atoms with E-state index >= 15 is 0 Å². The van der Waals surface area contributed by atoms with Gasteiger partial charge < -0.3 is 9.80 Å². The van der Waals surface area contributed by atoms with Crippen LogP contribution < -0.4 is 9.80 Å². The van der Waals surface area contributed by atoms with Crippen molar-refractivity contribution in [1.29, 1.82) is 0 Å². The van der Waals surface area contributed by atoms with E-state index in [0.717, 1.165) is 73.1 Å². The molecule has 0 amide bonds. The highest BCUT2D eigenvalue weighted by Crippen LogP contribution is 2.44. The van der Waals surface area contributed by atoms with Crippen LogP contribution in [0.4, 0.5) is 34.1 Å². The summed E-state index contributed by atoms with van der Waals surface area (Å²) in [5.74, 6) is 0. The molecule has 0 atom stereocenters. The molecule has 16 rings (SSSR count). The lowest BCUT2D eigenvalue weighted by molar-refractivity contribution is 1.28. The Labute approximate surface area is 550 Å². The summed E-state index contributed by atoms with van der Waals surface area (Å²) in [6, 6.07) is 141. The Hall–Kier alpha value is -12.4. The van der Waals surface area contributed by atoms with E-state index < -0.39 is 0 Å². The first-order valence-electron chi connectivity index (χ1n) is 32.3. The van der Waals surface area contributed by atoms with E-state index in [2.05, 4.69) is 398 Å². The van der Waals surface area contributed by atoms with Crippen molar-refractivity contribution in [2.24, 2.45) is 0 Å². The normalized spacial score (nSPS) is 11.2. The van der Waals surface area contributed by atoms with Crippen LogP contribution in [0.2, 0.25) is 0 Å². The van der Waals surface area contributed by atoms with Gasteiger partial charge in [0.25, 0.3) is 0 Å². The largest absolute Gasteiger partial charge is 0.310 e. The van der Waals surface area contributed by atoms with Gasteiger partial charge in [0.15, 0.2) is 0 Å². The second kappa shape index (κ2) is 25.5. The van der Waals surface area contributed by atoms with Crippen molar-refractivity contribution in [2.45, 2.75) is 0 Å². The van der Waals surface area contributed by atoms with Crippen molar-refractivity contribution < 1.29 is 0 Å². The van der Waals surface area contributed by atoms with Gasteiger partial charge in [-0.2, -0.15) is 0 Å². The zero-order valence-corrected chi connectivity index (χ0v) is 51.8. The number of para-hydroxylation sites is 1. The second-order valence-electron chi connectivity index (χ2n) is 24.0. The van der Waals surface area contributed by atoms with E-state index in [1.807, 2.05) is 0 Å². The molecule has 2 heteroatoms. The van der Waals surface area contributed by atoms with Crippen LogP contribution in [0, 0.1) is 0 Å². The highest BCUT2D eigenvalue weighted by atomic mass is 15.1. The molecule has 0 radical (unpaired) electrons. The number of anilines is 6. The molecule has 0 aliphatic carbocycles. The predicted molar refractivity (Wildman–Crippen MR) is 400 cm³/mol. The zero-order chi connectivity index (χ0) is 62.6. The van der Waals surface area contributed by atoms with Gasteiger partial charge in [-0.3, -0.25) is 0 Å². The maximum atomic E-state index is 2.39. The van der Waals surface area contributed by atoms with Crippen LogP contribution in [-0.4, -0.2) is 0 Å². The molecule has 0 fully saturated rings. The predicted octanol–water partition coefficient (Wildman–Crippen LogP) is 25.9. The van der Waals surface area contributed by atoms with Gasteiger partial charge in [0.1, 0.15) is 0 Å². The molecule has 2 nitrogen and oxygen atoms in total. The molecule has 94 heavy (non-hydrogen) atoms. The summed E-state index contributed by atoms with van der Waals surface area (Å²) in [4.78, 5) is 4.76. The van der Waals surface area contributed by atoms with Crippen LogP contribution in [-0.2, 0) is 0 Å². The molecule has 0 aromatic heterocycles. The topological polar surface area (TPSA) is 6.48 Å². The molecule has 0 heterocycles. The summed E-state index contributed by atoms with van der Waals surface area (Å²) in [5, 5.41) is 4.88. The van der Waals surface area contributed by atoms with Gasteiger partial charge in [0, 0.05) is 34.1 Å². The molecule has 16 aromatic rings. The minimum Gasteiger partial charge on any atom is -0.310 e. The molecule has 0 unspecified atom stereocenters. The van der Waals surface area contributed by atoms with Crippen LogP contribution in [0.15, 0.2) is 388 Å². The van der Waals surface area contributed by atoms with Crippen LogP contribution in [0.25, 0.3) is 122 Å². The molecule has 0 saturated carbocycles. The number of benzene rings is 16. The smallest absolute Gasteiger partial charge is 0.0467 e. The zero-order valence-electron chi connectivity index (χ0n) is 51.8. The average molecular weight is 1200 g/mol. The van der Waals surface area contributed by atoms with E-state index in [0.29, 0.717) is 0 Å². The van der Waals surface area contributed by atoms with Gasteiger partial charge in [-0.25, -0.2) is 0 Å². The van der Waals surface area contributed by atoms with Gasteiger partial charge >= 0.3 is 0 Å². The van der Waals surface area contributed by atoms with Crippen LogP contribution in [0.1, 0.15) is 0 Å². The third kappa shape index (κ3) is 11.5.